The molecular formula is C24H50O2S. The van der Waals surface area contributed by atoms with Gasteiger partial charge >= 0.3 is 0 Å². The summed E-state index contributed by atoms with van der Waals surface area (Å²) in [5, 5.41) is -0.217. The molecule has 2 atom stereocenters. The zero-order valence-corrected chi connectivity index (χ0v) is 19.9. The van der Waals surface area contributed by atoms with Gasteiger partial charge in [0, 0.05) is 0 Å². The van der Waals surface area contributed by atoms with Crippen LogP contribution in [0.2, 0.25) is 0 Å². The van der Waals surface area contributed by atoms with E-state index in [1.54, 1.807) is 0 Å². The van der Waals surface area contributed by atoms with Gasteiger partial charge in [-0.05, 0) is 25.7 Å². The maximum absolute atomic E-state index is 13.1. The number of hydrogen-bond donors (Lipinski definition) is 0. The summed E-state index contributed by atoms with van der Waals surface area (Å²) in [6.45, 7) is 8.61. The second-order valence-corrected chi connectivity index (χ2v) is 11.0. The van der Waals surface area contributed by atoms with Crippen LogP contribution in [-0.2, 0) is 9.84 Å². The second kappa shape index (κ2) is 18.0. The Morgan fingerprint density at radius 3 is 1.07 bits per heavy atom. The molecule has 27 heavy (non-hydrogen) atoms. The monoisotopic (exact) mass is 402 g/mol. The van der Waals surface area contributed by atoms with Crippen LogP contribution < -0.4 is 0 Å². The fourth-order valence-corrected chi connectivity index (χ4v) is 6.60. The van der Waals surface area contributed by atoms with E-state index < -0.39 is 9.84 Å². The van der Waals surface area contributed by atoms with Crippen LogP contribution in [0, 0.1) is 0 Å². The molecule has 0 fully saturated rings. The van der Waals surface area contributed by atoms with Gasteiger partial charge in [-0.1, -0.05) is 118 Å². The van der Waals surface area contributed by atoms with Gasteiger partial charge in [0.15, 0.2) is 9.84 Å². The lowest BCUT2D eigenvalue weighted by Crippen LogP contribution is -2.31. The molecule has 0 spiro atoms. The van der Waals surface area contributed by atoms with E-state index in [0.29, 0.717) is 0 Å². The molecule has 0 aliphatic rings. The van der Waals surface area contributed by atoms with Gasteiger partial charge in [0.25, 0.3) is 0 Å². The fraction of sp³-hybridized carbons (Fsp3) is 1.00. The third-order valence-corrected chi connectivity index (χ3v) is 9.10. The summed E-state index contributed by atoms with van der Waals surface area (Å²) in [5.41, 5.74) is 0. The van der Waals surface area contributed by atoms with Gasteiger partial charge in [-0.25, -0.2) is 8.42 Å². The highest BCUT2D eigenvalue weighted by Crippen LogP contribution is 2.25. The summed E-state index contributed by atoms with van der Waals surface area (Å²) in [4.78, 5) is 0. The van der Waals surface area contributed by atoms with Crippen LogP contribution in [0.5, 0.6) is 0 Å². The first-order valence-electron chi connectivity index (χ1n) is 12.3. The van der Waals surface area contributed by atoms with Crippen molar-refractivity contribution in [1.29, 1.82) is 0 Å². The van der Waals surface area contributed by atoms with Crippen molar-refractivity contribution in [2.45, 2.75) is 154 Å². The fourth-order valence-electron chi connectivity index (χ4n) is 4.13. The number of hydrogen-bond acceptors (Lipinski definition) is 2. The quantitative estimate of drug-likeness (QED) is 0.192. The van der Waals surface area contributed by atoms with E-state index in [9.17, 15) is 8.42 Å². The molecule has 0 radical (unpaired) electrons. The summed E-state index contributed by atoms with van der Waals surface area (Å²) in [6.07, 6.45) is 21.0. The molecule has 0 bridgehead atoms. The van der Waals surface area contributed by atoms with Crippen LogP contribution in [0.4, 0.5) is 0 Å². The molecule has 164 valence electrons. The Morgan fingerprint density at radius 2 is 0.778 bits per heavy atom. The Labute approximate surface area is 172 Å². The first-order chi connectivity index (χ1) is 13.0. The van der Waals surface area contributed by atoms with Gasteiger partial charge in [-0.2, -0.15) is 0 Å². The molecule has 0 rings (SSSR count). The smallest absolute Gasteiger partial charge is 0.155 e. The van der Waals surface area contributed by atoms with Crippen molar-refractivity contribution in [2.24, 2.45) is 0 Å². The van der Waals surface area contributed by atoms with E-state index in [4.69, 9.17) is 0 Å². The van der Waals surface area contributed by atoms with Gasteiger partial charge in [-0.3, -0.25) is 0 Å². The molecule has 2 nitrogen and oxygen atoms in total. The maximum atomic E-state index is 13.1. The van der Waals surface area contributed by atoms with Crippen molar-refractivity contribution in [3.8, 4) is 0 Å². The molecule has 0 aromatic heterocycles. The predicted octanol–water partition coefficient (Wildman–Crippen LogP) is 8.24. The number of unbranched alkanes of at least 4 members (excludes halogenated alkanes) is 12. The third-order valence-electron chi connectivity index (χ3n) is 6.10. The SMILES string of the molecule is CCCCCCCCCC(CC)S(=O)(=O)C(CC)CCCCCCCCC. The van der Waals surface area contributed by atoms with E-state index in [-0.39, 0.29) is 10.5 Å². The highest BCUT2D eigenvalue weighted by molar-refractivity contribution is 7.92. The highest BCUT2D eigenvalue weighted by atomic mass is 32.2. The highest BCUT2D eigenvalue weighted by Gasteiger charge is 2.30. The molecule has 0 aliphatic carbocycles. The Balaban J connectivity index is 4.19. The summed E-state index contributed by atoms with van der Waals surface area (Å²) < 4.78 is 26.2. The summed E-state index contributed by atoms with van der Waals surface area (Å²) in [7, 11) is -2.97. The minimum atomic E-state index is -2.97. The molecular weight excluding hydrogens is 352 g/mol. The van der Waals surface area contributed by atoms with Gasteiger partial charge in [0.1, 0.15) is 0 Å². The lowest BCUT2D eigenvalue weighted by atomic mass is 10.1. The van der Waals surface area contributed by atoms with E-state index in [1.807, 2.05) is 0 Å². The standard InChI is InChI=1S/C24H50O2S/c1-5-9-11-13-15-17-19-21-23(7-3)27(25,26)24(8-4)22-20-18-16-14-12-10-6-2/h23-24H,5-22H2,1-4H3. The average molecular weight is 403 g/mol. The topological polar surface area (TPSA) is 34.1 Å². The molecule has 0 aromatic carbocycles. The number of rotatable bonds is 20. The minimum absolute atomic E-state index is 0.109. The van der Waals surface area contributed by atoms with Crippen molar-refractivity contribution in [3.05, 3.63) is 0 Å². The molecule has 2 unspecified atom stereocenters. The average Bonchev–Trinajstić information content (AvgIpc) is 2.66. The second-order valence-electron chi connectivity index (χ2n) is 8.47. The predicted molar refractivity (Wildman–Crippen MR) is 122 cm³/mol. The Morgan fingerprint density at radius 1 is 0.481 bits per heavy atom. The van der Waals surface area contributed by atoms with Crippen LogP contribution in [0.15, 0.2) is 0 Å². The number of sulfone groups is 1. The molecule has 3 heteroatoms. The van der Waals surface area contributed by atoms with E-state index in [0.717, 1.165) is 38.5 Å². The molecule has 0 heterocycles. The first kappa shape index (κ1) is 27.0. The first-order valence-corrected chi connectivity index (χ1v) is 13.9. The lowest BCUT2D eigenvalue weighted by Gasteiger charge is -2.23. The van der Waals surface area contributed by atoms with Crippen LogP contribution >= 0.6 is 0 Å². The zero-order valence-electron chi connectivity index (χ0n) is 19.1. The Hall–Kier alpha value is -0.0500. The summed E-state index contributed by atoms with van der Waals surface area (Å²) in [6, 6.07) is 0. The van der Waals surface area contributed by atoms with Gasteiger partial charge in [0.05, 0.1) is 10.5 Å². The molecule has 0 N–H and O–H groups in total. The van der Waals surface area contributed by atoms with Crippen LogP contribution in [0.3, 0.4) is 0 Å². The molecule has 0 amide bonds. The largest absolute Gasteiger partial charge is 0.228 e. The van der Waals surface area contributed by atoms with E-state index >= 15 is 0 Å². The molecule has 0 saturated carbocycles. The third kappa shape index (κ3) is 12.9. The van der Waals surface area contributed by atoms with E-state index in [2.05, 4.69) is 27.7 Å². The Bertz CT molecular complexity index is 371. The lowest BCUT2D eigenvalue weighted by molar-refractivity contribution is 0.510. The van der Waals surface area contributed by atoms with Gasteiger partial charge in [0.2, 0.25) is 0 Å². The van der Waals surface area contributed by atoms with Crippen molar-refractivity contribution < 1.29 is 8.42 Å². The molecule has 0 saturated heterocycles. The van der Waals surface area contributed by atoms with Crippen molar-refractivity contribution in [2.75, 3.05) is 0 Å². The maximum Gasteiger partial charge on any atom is 0.155 e. The van der Waals surface area contributed by atoms with Crippen molar-refractivity contribution in [3.63, 3.8) is 0 Å². The summed E-state index contributed by atoms with van der Waals surface area (Å²) >= 11 is 0. The van der Waals surface area contributed by atoms with Crippen LogP contribution in [0.25, 0.3) is 0 Å². The Kier molecular flexibility index (Phi) is 18.0. The zero-order chi connectivity index (χ0) is 20.4. The van der Waals surface area contributed by atoms with E-state index in [1.165, 1.54) is 77.0 Å². The van der Waals surface area contributed by atoms with Crippen LogP contribution in [0.1, 0.15) is 143 Å². The molecule has 0 aromatic rings. The van der Waals surface area contributed by atoms with Gasteiger partial charge < -0.3 is 0 Å². The van der Waals surface area contributed by atoms with Crippen LogP contribution in [-0.4, -0.2) is 18.9 Å². The molecule has 0 aliphatic heterocycles. The van der Waals surface area contributed by atoms with Gasteiger partial charge in [-0.15, -0.1) is 0 Å². The van der Waals surface area contributed by atoms with Crippen molar-refractivity contribution >= 4 is 9.84 Å². The summed E-state index contributed by atoms with van der Waals surface area (Å²) in [5.74, 6) is 0. The normalized spacial score (nSPS) is 14.4. The minimum Gasteiger partial charge on any atom is -0.228 e. The van der Waals surface area contributed by atoms with Crippen molar-refractivity contribution in [1.82, 2.24) is 0 Å².